The summed E-state index contributed by atoms with van der Waals surface area (Å²) in [4.78, 5) is 8.47. The summed E-state index contributed by atoms with van der Waals surface area (Å²) >= 11 is 0. The van der Waals surface area contributed by atoms with Gasteiger partial charge in [-0.25, -0.2) is 0 Å². The predicted molar refractivity (Wildman–Crippen MR) is 85.9 cm³/mol. The van der Waals surface area contributed by atoms with Crippen LogP contribution in [0.1, 0.15) is 35.7 Å². The quantitative estimate of drug-likeness (QED) is 0.667. The second-order valence-electron chi connectivity index (χ2n) is 5.53. The van der Waals surface area contributed by atoms with Gasteiger partial charge in [0.1, 0.15) is 0 Å². The fraction of sp³-hybridized carbons (Fsp3) is 0.438. The van der Waals surface area contributed by atoms with Crippen molar-refractivity contribution < 1.29 is 4.52 Å². The van der Waals surface area contributed by atoms with E-state index in [1.165, 1.54) is 24.0 Å². The normalized spacial score (nSPS) is 14.7. The summed E-state index contributed by atoms with van der Waals surface area (Å²) in [5.41, 5.74) is 9.85. The van der Waals surface area contributed by atoms with E-state index in [9.17, 15) is 0 Å². The molecule has 6 nitrogen and oxygen atoms in total. The lowest BCUT2D eigenvalue weighted by molar-refractivity contribution is 0.376. The SMILES string of the molecule is Cc1noc(CCN=C(N)Nc2cccc3c2CCCC3)n1. The standard InChI is InChI=1S/C16H21N5O/c1-11-19-15(22-21-11)9-10-18-16(17)20-14-8-4-6-12-5-2-3-7-13(12)14/h4,6,8H,2-3,5,7,9-10H2,1H3,(H3,17,18,20). The minimum absolute atomic E-state index is 0.426. The molecule has 0 atom stereocenters. The molecule has 1 aromatic carbocycles. The number of anilines is 1. The summed E-state index contributed by atoms with van der Waals surface area (Å²) in [6.45, 7) is 2.32. The minimum Gasteiger partial charge on any atom is -0.370 e. The Labute approximate surface area is 129 Å². The van der Waals surface area contributed by atoms with E-state index in [-0.39, 0.29) is 0 Å². The Morgan fingerprint density at radius 2 is 2.23 bits per heavy atom. The van der Waals surface area contributed by atoms with Crippen molar-refractivity contribution in [2.75, 3.05) is 11.9 Å². The predicted octanol–water partition coefficient (Wildman–Crippen LogP) is 2.23. The summed E-state index contributed by atoms with van der Waals surface area (Å²) in [6.07, 6.45) is 5.35. The molecule has 116 valence electrons. The molecule has 0 amide bonds. The summed E-state index contributed by atoms with van der Waals surface area (Å²) in [5, 5.41) is 6.97. The molecule has 2 aromatic rings. The van der Waals surface area contributed by atoms with Crippen LogP contribution in [0.4, 0.5) is 5.69 Å². The molecule has 0 unspecified atom stereocenters. The number of aromatic nitrogens is 2. The van der Waals surface area contributed by atoms with Crippen molar-refractivity contribution in [3.63, 3.8) is 0 Å². The van der Waals surface area contributed by atoms with Crippen molar-refractivity contribution in [3.8, 4) is 0 Å². The zero-order chi connectivity index (χ0) is 15.4. The molecule has 0 fully saturated rings. The monoisotopic (exact) mass is 299 g/mol. The first-order chi connectivity index (χ1) is 10.7. The molecule has 1 aliphatic rings. The maximum absolute atomic E-state index is 5.98. The third-order valence-corrected chi connectivity index (χ3v) is 3.84. The number of aryl methyl sites for hydroxylation is 2. The van der Waals surface area contributed by atoms with Gasteiger partial charge in [0.15, 0.2) is 11.8 Å². The van der Waals surface area contributed by atoms with Crippen LogP contribution >= 0.6 is 0 Å². The van der Waals surface area contributed by atoms with Gasteiger partial charge in [0.05, 0.1) is 6.54 Å². The van der Waals surface area contributed by atoms with Crippen LogP contribution in [0.5, 0.6) is 0 Å². The van der Waals surface area contributed by atoms with Crippen LogP contribution in [-0.2, 0) is 19.3 Å². The lowest BCUT2D eigenvalue weighted by atomic mass is 9.90. The van der Waals surface area contributed by atoms with Gasteiger partial charge in [0, 0.05) is 12.1 Å². The molecule has 3 rings (SSSR count). The van der Waals surface area contributed by atoms with E-state index in [0.717, 1.165) is 18.5 Å². The number of fused-ring (bicyclic) bond motifs is 1. The fourth-order valence-corrected chi connectivity index (χ4v) is 2.79. The zero-order valence-electron chi connectivity index (χ0n) is 12.8. The van der Waals surface area contributed by atoms with Crippen LogP contribution in [0.2, 0.25) is 0 Å². The summed E-state index contributed by atoms with van der Waals surface area (Å²) in [7, 11) is 0. The van der Waals surface area contributed by atoms with Crippen LogP contribution in [0.3, 0.4) is 0 Å². The second kappa shape index (κ2) is 6.60. The molecule has 1 aliphatic carbocycles. The van der Waals surface area contributed by atoms with Crippen molar-refractivity contribution >= 4 is 11.6 Å². The largest absolute Gasteiger partial charge is 0.370 e. The Morgan fingerprint density at radius 3 is 3.05 bits per heavy atom. The Kier molecular flexibility index (Phi) is 4.37. The molecule has 1 aromatic heterocycles. The number of nitrogens with zero attached hydrogens (tertiary/aromatic N) is 3. The van der Waals surface area contributed by atoms with E-state index < -0.39 is 0 Å². The smallest absolute Gasteiger partial charge is 0.228 e. The van der Waals surface area contributed by atoms with Gasteiger partial charge < -0.3 is 15.6 Å². The number of hydrogen-bond donors (Lipinski definition) is 2. The first-order valence-corrected chi connectivity index (χ1v) is 7.69. The number of hydrogen-bond acceptors (Lipinski definition) is 4. The van der Waals surface area contributed by atoms with Crippen LogP contribution in [-0.4, -0.2) is 22.6 Å². The van der Waals surface area contributed by atoms with Crippen LogP contribution in [0.25, 0.3) is 0 Å². The number of guanidine groups is 1. The first kappa shape index (κ1) is 14.6. The van der Waals surface area contributed by atoms with Crippen molar-refractivity contribution in [1.29, 1.82) is 0 Å². The number of nitrogens with two attached hydrogens (primary N) is 1. The summed E-state index contributed by atoms with van der Waals surface area (Å²) < 4.78 is 5.05. The molecule has 0 saturated carbocycles. The highest BCUT2D eigenvalue weighted by molar-refractivity contribution is 5.93. The number of nitrogens with one attached hydrogen (secondary N) is 1. The summed E-state index contributed by atoms with van der Waals surface area (Å²) in [6, 6.07) is 6.33. The van der Waals surface area contributed by atoms with E-state index in [1.807, 2.05) is 0 Å². The van der Waals surface area contributed by atoms with Gasteiger partial charge in [-0.1, -0.05) is 17.3 Å². The number of aliphatic imine (C=N–C) groups is 1. The van der Waals surface area contributed by atoms with Gasteiger partial charge in [-0.05, 0) is 49.8 Å². The molecule has 22 heavy (non-hydrogen) atoms. The molecule has 0 spiro atoms. The molecule has 6 heteroatoms. The minimum atomic E-state index is 0.426. The van der Waals surface area contributed by atoms with Gasteiger partial charge in [-0.15, -0.1) is 0 Å². The molecule has 0 bridgehead atoms. The molecular weight excluding hydrogens is 278 g/mol. The third-order valence-electron chi connectivity index (χ3n) is 3.84. The molecule has 3 N–H and O–H groups in total. The molecule has 0 radical (unpaired) electrons. The lowest BCUT2D eigenvalue weighted by Gasteiger charge is -2.19. The molecular formula is C16H21N5O. The van der Waals surface area contributed by atoms with Crippen molar-refractivity contribution in [1.82, 2.24) is 10.1 Å². The maximum atomic E-state index is 5.98. The maximum Gasteiger partial charge on any atom is 0.228 e. The first-order valence-electron chi connectivity index (χ1n) is 7.69. The summed E-state index contributed by atoms with van der Waals surface area (Å²) in [5.74, 6) is 1.65. The van der Waals surface area contributed by atoms with Gasteiger partial charge >= 0.3 is 0 Å². The van der Waals surface area contributed by atoms with Crippen molar-refractivity contribution in [3.05, 3.63) is 41.0 Å². The zero-order valence-corrected chi connectivity index (χ0v) is 12.8. The highest BCUT2D eigenvalue weighted by Gasteiger charge is 2.13. The van der Waals surface area contributed by atoms with Gasteiger partial charge in [-0.3, -0.25) is 4.99 Å². The Hall–Kier alpha value is -2.37. The highest BCUT2D eigenvalue weighted by atomic mass is 16.5. The molecule has 0 saturated heterocycles. The van der Waals surface area contributed by atoms with Gasteiger partial charge in [0.25, 0.3) is 0 Å². The molecule has 0 aliphatic heterocycles. The van der Waals surface area contributed by atoms with Gasteiger partial charge in [0.2, 0.25) is 5.89 Å². The Balaban J connectivity index is 1.61. The topological polar surface area (TPSA) is 89.3 Å². The van der Waals surface area contributed by atoms with E-state index in [4.69, 9.17) is 10.3 Å². The number of rotatable bonds is 4. The van der Waals surface area contributed by atoms with E-state index >= 15 is 0 Å². The van der Waals surface area contributed by atoms with E-state index in [1.54, 1.807) is 6.92 Å². The van der Waals surface area contributed by atoms with Crippen LogP contribution in [0.15, 0.2) is 27.7 Å². The molecule has 1 heterocycles. The second-order valence-corrected chi connectivity index (χ2v) is 5.53. The average molecular weight is 299 g/mol. The lowest BCUT2D eigenvalue weighted by Crippen LogP contribution is -2.24. The number of benzene rings is 1. The highest BCUT2D eigenvalue weighted by Crippen LogP contribution is 2.27. The van der Waals surface area contributed by atoms with Gasteiger partial charge in [-0.2, -0.15) is 4.98 Å². The van der Waals surface area contributed by atoms with Crippen LogP contribution in [0, 0.1) is 6.92 Å². The Bertz CT molecular complexity index is 677. The average Bonchev–Trinajstić information content (AvgIpc) is 2.93. The van der Waals surface area contributed by atoms with E-state index in [0.29, 0.717) is 30.6 Å². The van der Waals surface area contributed by atoms with Crippen molar-refractivity contribution in [2.45, 2.75) is 39.0 Å². The fourth-order valence-electron chi connectivity index (χ4n) is 2.79. The van der Waals surface area contributed by atoms with Crippen LogP contribution < -0.4 is 11.1 Å². The van der Waals surface area contributed by atoms with Crippen molar-refractivity contribution in [2.24, 2.45) is 10.7 Å². The Morgan fingerprint density at radius 1 is 1.36 bits per heavy atom. The van der Waals surface area contributed by atoms with E-state index in [2.05, 4.69) is 38.6 Å². The third kappa shape index (κ3) is 3.44.